The lowest BCUT2D eigenvalue weighted by Crippen LogP contribution is -2.36. The fraction of sp³-hybridized carbons (Fsp3) is 0.125. The Kier molecular flexibility index (Phi) is 6.50. The molecule has 2 aromatic heterocycles. The summed E-state index contributed by atoms with van der Waals surface area (Å²) in [5, 5.41) is 37.6. The number of ether oxygens (including phenoxy) is 1. The first-order chi connectivity index (χ1) is 22.4. The molecule has 2 heterocycles. The molecule has 3 aliphatic carbocycles. The summed E-state index contributed by atoms with van der Waals surface area (Å²) in [5.74, 6) is -7.48. The van der Waals surface area contributed by atoms with Gasteiger partial charge >= 0.3 is 0 Å². The number of rotatable bonds is 4. The zero-order valence-electron chi connectivity index (χ0n) is 23.9. The number of carbonyl (C=O) groups excluding carboxylic acids is 5. The van der Waals surface area contributed by atoms with Crippen molar-refractivity contribution < 1.29 is 44.0 Å². The van der Waals surface area contributed by atoms with Crippen molar-refractivity contribution in [3.05, 3.63) is 102 Å². The summed E-state index contributed by atoms with van der Waals surface area (Å²) in [4.78, 5) is 86.1. The van der Waals surface area contributed by atoms with Gasteiger partial charge in [-0.25, -0.2) is 5.43 Å². The van der Waals surface area contributed by atoms with Crippen LogP contribution in [0.3, 0.4) is 0 Å². The zero-order chi connectivity index (χ0) is 33.5. The number of hydrazone groups is 1. The van der Waals surface area contributed by atoms with Crippen molar-refractivity contribution in [1.82, 2.24) is 15.4 Å². The number of methoxy groups -OCH3 is 1. The molecule has 0 radical (unpaired) electrons. The quantitative estimate of drug-likeness (QED) is 0.0901. The van der Waals surface area contributed by atoms with E-state index in [9.17, 15) is 44.1 Å². The Balaban J connectivity index is 1.31. The van der Waals surface area contributed by atoms with Gasteiger partial charge in [0.05, 0.1) is 52.2 Å². The van der Waals surface area contributed by atoms with Gasteiger partial charge in [0.1, 0.15) is 22.7 Å². The summed E-state index contributed by atoms with van der Waals surface area (Å²) in [5.41, 5.74) is -2.69. The number of halogens is 1. The molecule has 1 atom stereocenters. The fourth-order valence-corrected chi connectivity index (χ4v) is 7.04. The molecule has 0 fully saturated rings. The van der Waals surface area contributed by atoms with Crippen LogP contribution in [0.15, 0.2) is 56.8 Å². The van der Waals surface area contributed by atoms with E-state index >= 15 is 0 Å². The molecule has 7 rings (SSSR count). The van der Waals surface area contributed by atoms with Crippen molar-refractivity contribution >= 4 is 62.0 Å². The number of Topliss-reactive ketones (excluding diaryl/α,β-unsaturated/α-hetero) is 3. The van der Waals surface area contributed by atoms with E-state index in [0.717, 1.165) is 13.2 Å². The summed E-state index contributed by atoms with van der Waals surface area (Å²) in [6, 6.07) is 4.47. The molecule has 2 aromatic carbocycles. The number of aryl methyl sites for hydroxylation is 1. The number of aromatic nitrogens is 2. The molecule has 15 heteroatoms. The van der Waals surface area contributed by atoms with Crippen LogP contribution in [-0.2, 0) is 16.6 Å². The summed E-state index contributed by atoms with van der Waals surface area (Å²) in [6.07, 6.45) is 4.73. The molecule has 0 saturated carbocycles. The van der Waals surface area contributed by atoms with Crippen LogP contribution in [0.2, 0.25) is 0 Å². The lowest BCUT2D eigenvalue weighted by molar-refractivity contribution is 0.0790. The van der Waals surface area contributed by atoms with Gasteiger partial charge < -0.3 is 25.0 Å². The predicted octanol–water partition coefficient (Wildman–Crippen LogP) is 2.74. The molecular weight excluding hydrogens is 680 g/mol. The van der Waals surface area contributed by atoms with E-state index in [0.29, 0.717) is 10.0 Å². The number of nitrogens with zero attached hydrogens (tertiary/aromatic N) is 2. The number of carbonyl (C=O) groups is 5. The minimum atomic E-state index is -2.16. The summed E-state index contributed by atoms with van der Waals surface area (Å²) in [6.45, 7) is 0. The third-order valence-corrected chi connectivity index (χ3v) is 9.28. The highest BCUT2D eigenvalue weighted by molar-refractivity contribution is 9.10. The van der Waals surface area contributed by atoms with Gasteiger partial charge in [0.25, 0.3) is 11.5 Å². The predicted molar refractivity (Wildman–Crippen MR) is 165 cm³/mol. The van der Waals surface area contributed by atoms with Crippen LogP contribution < -0.4 is 11.0 Å². The average Bonchev–Trinajstić information content (AvgIpc) is 3.53. The Morgan fingerprint density at radius 2 is 1.74 bits per heavy atom. The number of hydrogen-bond acceptors (Lipinski definition) is 12. The van der Waals surface area contributed by atoms with E-state index in [4.69, 9.17) is 4.74 Å². The van der Waals surface area contributed by atoms with E-state index in [2.05, 4.69) is 36.4 Å². The van der Waals surface area contributed by atoms with E-state index < -0.39 is 85.3 Å². The Bertz CT molecular complexity index is 2340. The van der Waals surface area contributed by atoms with Crippen LogP contribution in [0.5, 0.6) is 17.2 Å². The first kappa shape index (κ1) is 29.7. The molecule has 0 aliphatic heterocycles. The smallest absolute Gasteiger partial charge is 0.272 e. The number of allylic oxidation sites excluding steroid dienone is 2. The minimum absolute atomic E-state index is 0.0753. The van der Waals surface area contributed by atoms with Crippen molar-refractivity contribution in [1.29, 1.82) is 0 Å². The van der Waals surface area contributed by atoms with Crippen molar-refractivity contribution in [2.24, 2.45) is 5.10 Å². The highest BCUT2D eigenvalue weighted by atomic mass is 79.9. The number of phenolic OH excluding ortho intramolecular Hbond substituents is 3. The van der Waals surface area contributed by atoms with Crippen LogP contribution in [-0.4, -0.2) is 67.7 Å². The number of H-pyrrole nitrogens is 1. The summed E-state index contributed by atoms with van der Waals surface area (Å²) >= 11 is 3.22. The topological polar surface area (TPSA) is 225 Å². The Morgan fingerprint density at radius 3 is 2.43 bits per heavy atom. The van der Waals surface area contributed by atoms with Crippen molar-refractivity contribution in [2.75, 3.05) is 7.11 Å². The van der Waals surface area contributed by atoms with Crippen LogP contribution in [0.4, 0.5) is 0 Å². The number of hydrogen-bond donors (Lipinski definition) is 5. The molecule has 3 aliphatic rings. The normalized spacial score (nSPS) is 18.1. The molecule has 0 saturated heterocycles. The van der Waals surface area contributed by atoms with Crippen LogP contribution >= 0.6 is 15.9 Å². The third kappa shape index (κ3) is 3.95. The maximum absolute atomic E-state index is 14.1. The average molecular weight is 699 g/mol. The van der Waals surface area contributed by atoms with Gasteiger partial charge in [-0.15, -0.1) is 0 Å². The van der Waals surface area contributed by atoms with Crippen molar-refractivity contribution in [2.45, 2.75) is 18.3 Å². The number of nitrogens with one attached hydrogen (secondary N) is 2. The first-order valence-electron chi connectivity index (χ1n) is 13.8. The number of amides is 1. The van der Waals surface area contributed by atoms with Crippen molar-refractivity contribution in [3.63, 3.8) is 0 Å². The second kappa shape index (κ2) is 10.3. The molecule has 14 nitrogen and oxygen atoms in total. The molecule has 1 unspecified atom stereocenters. The molecule has 5 N–H and O–H groups in total. The number of ketones is 4. The number of phenols is 3. The fourth-order valence-electron chi connectivity index (χ4n) is 6.61. The van der Waals surface area contributed by atoms with Crippen LogP contribution in [0.1, 0.15) is 75.0 Å². The van der Waals surface area contributed by atoms with Gasteiger partial charge in [-0.2, -0.15) is 5.10 Å². The van der Waals surface area contributed by atoms with Gasteiger partial charge in [-0.3, -0.25) is 33.8 Å². The Hall–Kier alpha value is -5.96. The van der Waals surface area contributed by atoms with E-state index in [1.54, 1.807) is 0 Å². The largest absolute Gasteiger partial charge is 0.507 e. The van der Waals surface area contributed by atoms with Gasteiger partial charge in [-0.05, 0) is 51.9 Å². The monoisotopic (exact) mass is 698 g/mol. The van der Waals surface area contributed by atoms with Gasteiger partial charge in [0.2, 0.25) is 5.78 Å². The van der Waals surface area contributed by atoms with E-state index in [1.807, 2.05) is 0 Å². The Labute approximate surface area is 270 Å². The number of aromatic amines is 1. The maximum Gasteiger partial charge on any atom is 0.272 e. The zero-order valence-corrected chi connectivity index (χ0v) is 25.5. The SMILES string of the molecule is COC1=CC(=O)c2c(O)c3c(c(O)c2C1=O)C(=O)C1(CCc2cc4cc(C=NNC(=O)c5ccncc5Br)[nH]c(=O)c4c(O)c21)C3=O. The lowest BCUT2D eigenvalue weighted by atomic mass is 9.76. The van der Waals surface area contributed by atoms with Gasteiger partial charge in [0, 0.05) is 28.5 Å². The van der Waals surface area contributed by atoms with Crippen LogP contribution in [0.25, 0.3) is 10.8 Å². The molecule has 1 spiro atoms. The van der Waals surface area contributed by atoms with E-state index in [1.165, 1.54) is 36.8 Å². The first-order valence-corrected chi connectivity index (χ1v) is 14.6. The van der Waals surface area contributed by atoms with Crippen LogP contribution in [0, 0.1) is 0 Å². The molecule has 1 amide bonds. The molecule has 47 heavy (non-hydrogen) atoms. The lowest BCUT2D eigenvalue weighted by Gasteiger charge is -2.22. The number of aromatic hydroxyl groups is 3. The van der Waals surface area contributed by atoms with Gasteiger partial charge in [-0.1, -0.05) is 6.07 Å². The van der Waals surface area contributed by atoms with Gasteiger partial charge in [0.15, 0.2) is 23.1 Å². The highest BCUT2D eigenvalue weighted by Gasteiger charge is 2.61. The summed E-state index contributed by atoms with van der Waals surface area (Å²) < 4.78 is 5.36. The molecule has 4 aromatic rings. The molecular formula is C32H19BrN4O10. The Morgan fingerprint density at radius 1 is 1.04 bits per heavy atom. The molecule has 0 bridgehead atoms. The summed E-state index contributed by atoms with van der Waals surface area (Å²) in [7, 11) is 1.12. The minimum Gasteiger partial charge on any atom is -0.507 e. The second-order valence-electron chi connectivity index (χ2n) is 11.0. The number of fused-ring (bicyclic) bond motifs is 5. The highest BCUT2D eigenvalue weighted by Crippen LogP contribution is 2.57. The number of benzene rings is 2. The third-order valence-electron chi connectivity index (χ3n) is 8.65. The maximum atomic E-state index is 14.1. The standard InChI is InChI=1S/C32H19BrN4O10/c1-47-17-8-16(38)19-20(24(17)39)26(41)22-21(25(19)40)28(43)32(29(22)44)4-2-11-6-12-7-13(36-31(46)18(12)27(42)23(11)32)9-35-37-30(45)14-3-5-34-10-15(14)33/h3,5-10,40-42H,2,4H2,1H3,(H,36,46)(H,37,45). The molecule has 234 valence electrons. The second-order valence-corrected chi connectivity index (χ2v) is 11.9. The van der Waals surface area contributed by atoms with Crippen molar-refractivity contribution in [3.8, 4) is 17.2 Å². The number of pyridine rings is 2. The van der Waals surface area contributed by atoms with E-state index in [-0.39, 0.29) is 40.4 Å².